The van der Waals surface area contributed by atoms with E-state index in [1.54, 1.807) is 24.3 Å². The lowest BCUT2D eigenvalue weighted by Crippen LogP contribution is -2.68. The van der Waals surface area contributed by atoms with Gasteiger partial charge < -0.3 is 10.0 Å². The molecule has 0 saturated carbocycles. The molecular formula is C16H18N2O4. The zero-order valence-corrected chi connectivity index (χ0v) is 12.4. The molecule has 0 spiro atoms. The number of benzene rings is 1. The Balaban J connectivity index is 2.21. The standard InChI is InChI=1S/C16H18N2O4/c1-2-3-10-17-14(20)11-6-4-5-7-12(11)18-13(19)8-9-16(17,18)15(21)22/h4-7H,2-3,8-10H2,1H3,(H,21,22)/t16-/m1/s1. The van der Waals surface area contributed by atoms with Crippen LogP contribution in [0.4, 0.5) is 5.69 Å². The second kappa shape index (κ2) is 5.12. The first-order chi connectivity index (χ1) is 10.5. The van der Waals surface area contributed by atoms with Crippen molar-refractivity contribution in [3.05, 3.63) is 29.8 Å². The largest absolute Gasteiger partial charge is 0.478 e. The van der Waals surface area contributed by atoms with Gasteiger partial charge in [0, 0.05) is 19.4 Å². The molecule has 2 heterocycles. The molecule has 1 aromatic rings. The third-order valence-corrected chi connectivity index (χ3v) is 4.45. The third kappa shape index (κ3) is 1.76. The SMILES string of the molecule is CCCCN1C(=O)c2ccccc2N2C(=O)CC[C@@]12C(=O)O. The summed E-state index contributed by atoms with van der Waals surface area (Å²) in [5, 5.41) is 9.84. The summed E-state index contributed by atoms with van der Waals surface area (Å²) < 4.78 is 0. The summed E-state index contributed by atoms with van der Waals surface area (Å²) in [6.45, 7) is 2.31. The number of carboxylic acids is 1. The Morgan fingerprint density at radius 2 is 2.05 bits per heavy atom. The predicted octanol–water partition coefficient (Wildman–Crippen LogP) is 1.85. The molecule has 1 atom stereocenters. The van der Waals surface area contributed by atoms with Crippen molar-refractivity contribution in [2.75, 3.05) is 11.4 Å². The predicted molar refractivity (Wildman–Crippen MR) is 79.5 cm³/mol. The van der Waals surface area contributed by atoms with Gasteiger partial charge in [-0.25, -0.2) is 4.79 Å². The van der Waals surface area contributed by atoms with Crippen molar-refractivity contribution in [1.29, 1.82) is 0 Å². The van der Waals surface area contributed by atoms with Crippen LogP contribution >= 0.6 is 0 Å². The van der Waals surface area contributed by atoms with E-state index in [0.29, 0.717) is 24.2 Å². The molecule has 2 aliphatic heterocycles. The first-order valence-electron chi connectivity index (χ1n) is 7.51. The molecule has 1 aromatic carbocycles. The van der Waals surface area contributed by atoms with Crippen molar-refractivity contribution < 1.29 is 19.5 Å². The molecule has 0 aliphatic carbocycles. The van der Waals surface area contributed by atoms with Crippen LogP contribution in [-0.2, 0) is 9.59 Å². The highest BCUT2D eigenvalue weighted by Crippen LogP contribution is 2.44. The van der Waals surface area contributed by atoms with Gasteiger partial charge in [-0.2, -0.15) is 0 Å². The van der Waals surface area contributed by atoms with Gasteiger partial charge in [-0.05, 0) is 18.6 Å². The maximum Gasteiger partial charge on any atom is 0.351 e. The number of hydrogen-bond donors (Lipinski definition) is 1. The van der Waals surface area contributed by atoms with Crippen molar-refractivity contribution in [2.45, 2.75) is 38.3 Å². The molecule has 0 radical (unpaired) electrons. The fourth-order valence-electron chi connectivity index (χ4n) is 3.38. The van der Waals surface area contributed by atoms with E-state index < -0.39 is 11.6 Å². The van der Waals surface area contributed by atoms with E-state index in [-0.39, 0.29) is 24.7 Å². The second-order valence-electron chi connectivity index (χ2n) is 5.68. The van der Waals surface area contributed by atoms with Crippen LogP contribution in [0.1, 0.15) is 43.0 Å². The fraction of sp³-hybridized carbons (Fsp3) is 0.438. The number of carbonyl (C=O) groups excluding carboxylic acids is 2. The normalized spacial score (nSPS) is 23.5. The first-order valence-corrected chi connectivity index (χ1v) is 7.51. The lowest BCUT2D eigenvalue weighted by molar-refractivity contribution is -0.150. The van der Waals surface area contributed by atoms with Gasteiger partial charge in [0.05, 0.1) is 11.3 Å². The molecule has 22 heavy (non-hydrogen) atoms. The summed E-state index contributed by atoms with van der Waals surface area (Å²) in [4.78, 5) is 39.9. The van der Waals surface area contributed by atoms with Crippen molar-refractivity contribution >= 4 is 23.5 Å². The van der Waals surface area contributed by atoms with E-state index in [9.17, 15) is 19.5 Å². The second-order valence-corrected chi connectivity index (χ2v) is 5.68. The van der Waals surface area contributed by atoms with Gasteiger partial charge in [-0.1, -0.05) is 25.5 Å². The summed E-state index contributed by atoms with van der Waals surface area (Å²) in [5.74, 6) is -1.70. The Morgan fingerprint density at radius 3 is 2.73 bits per heavy atom. The third-order valence-electron chi connectivity index (χ3n) is 4.45. The van der Waals surface area contributed by atoms with Gasteiger partial charge in [0.15, 0.2) is 0 Å². The number of fused-ring (bicyclic) bond motifs is 3. The highest BCUT2D eigenvalue weighted by atomic mass is 16.4. The maximum absolute atomic E-state index is 12.8. The van der Waals surface area contributed by atoms with Crippen LogP contribution in [0.15, 0.2) is 24.3 Å². The van der Waals surface area contributed by atoms with Crippen molar-refractivity contribution in [3.8, 4) is 0 Å². The number of carboxylic acid groups (broad SMARTS) is 1. The van der Waals surface area contributed by atoms with E-state index in [0.717, 1.165) is 6.42 Å². The van der Waals surface area contributed by atoms with Crippen molar-refractivity contribution in [2.24, 2.45) is 0 Å². The summed E-state index contributed by atoms with van der Waals surface area (Å²) in [7, 11) is 0. The molecule has 2 amide bonds. The molecule has 1 fully saturated rings. The van der Waals surface area contributed by atoms with E-state index >= 15 is 0 Å². The molecular weight excluding hydrogens is 284 g/mol. The van der Waals surface area contributed by atoms with Crippen LogP contribution in [0.25, 0.3) is 0 Å². The van der Waals surface area contributed by atoms with Crippen LogP contribution in [0.3, 0.4) is 0 Å². The number of para-hydroxylation sites is 1. The lowest BCUT2D eigenvalue weighted by Gasteiger charge is -2.47. The van der Waals surface area contributed by atoms with Gasteiger partial charge in [0.2, 0.25) is 11.6 Å². The Kier molecular flexibility index (Phi) is 3.39. The number of unbranched alkanes of at least 4 members (excludes halogenated alkanes) is 1. The number of amides is 2. The fourth-order valence-corrected chi connectivity index (χ4v) is 3.38. The molecule has 1 N–H and O–H groups in total. The van der Waals surface area contributed by atoms with Crippen molar-refractivity contribution in [3.63, 3.8) is 0 Å². The summed E-state index contributed by atoms with van der Waals surface area (Å²) >= 11 is 0. The van der Waals surface area contributed by atoms with Gasteiger partial charge >= 0.3 is 5.97 Å². The van der Waals surface area contributed by atoms with Crippen LogP contribution in [0, 0.1) is 0 Å². The summed E-state index contributed by atoms with van der Waals surface area (Å²) in [6.07, 6.45) is 1.81. The first kappa shape index (κ1) is 14.6. The number of nitrogens with zero attached hydrogens (tertiary/aromatic N) is 2. The summed E-state index contributed by atoms with van der Waals surface area (Å²) in [5.41, 5.74) is -0.770. The van der Waals surface area contributed by atoms with E-state index in [4.69, 9.17) is 0 Å². The zero-order chi connectivity index (χ0) is 15.9. The van der Waals surface area contributed by atoms with Crippen LogP contribution in [0.5, 0.6) is 0 Å². The number of aliphatic carboxylic acids is 1. The molecule has 0 bridgehead atoms. The highest BCUT2D eigenvalue weighted by molar-refractivity contribution is 6.15. The number of anilines is 1. The minimum absolute atomic E-state index is 0.130. The minimum atomic E-state index is -1.57. The molecule has 116 valence electrons. The highest BCUT2D eigenvalue weighted by Gasteiger charge is 2.60. The number of rotatable bonds is 4. The molecule has 1 saturated heterocycles. The maximum atomic E-state index is 12.8. The lowest BCUT2D eigenvalue weighted by atomic mass is 9.96. The Bertz CT molecular complexity index is 657. The Morgan fingerprint density at radius 1 is 1.32 bits per heavy atom. The Hall–Kier alpha value is -2.37. The van der Waals surface area contributed by atoms with Crippen molar-refractivity contribution in [1.82, 2.24) is 4.90 Å². The van der Waals surface area contributed by atoms with Crippen LogP contribution < -0.4 is 4.90 Å². The topological polar surface area (TPSA) is 77.9 Å². The molecule has 3 rings (SSSR count). The number of carbonyl (C=O) groups is 3. The van der Waals surface area contributed by atoms with E-state index in [1.807, 2.05) is 6.92 Å². The van der Waals surface area contributed by atoms with Crippen LogP contribution in [0.2, 0.25) is 0 Å². The van der Waals surface area contributed by atoms with Gasteiger partial charge in [0.25, 0.3) is 5.91 Å². The molecule has 6 nitrogen and oxygen atoms in total. The van der Waals surface area contributed by atoms with Crippen LogP contribution in [-0.4, -0.2) is 40.0 Å². The van der Waals surface area contributed by atoms with Gasteiger partial charge in [-0.15, -0.1) is 0 Å². The molecule has 2 aliphatic rings. The molecule has 0 unspecified atom stereocenters. The minimum Gasteiger partial charge on any atom is -0.478 e. The van der Waals surface area contributed by atoms with E-state index in [2.05, 4.69) is 0 Å². The molecule has 6 heteroatoms. The molecule has 0 aromatic heterocycles. The summed E-state index contributed by atoms with van der Waals surface area (Å²) in [6, 6.07) is 6.73. The smallest absolute Gasteiger partial charge is 0.351 e. The van der Waals surface area contributed by atoms with Gasteiger partial charge in [0.1, 0.15) is 0 Å². The Labute approximate surface area is 128 Å². The number of hydrogen-bond acceptors (Lipinski definition) is 3. The quantitative estimate of drug-likeness (QED) is 0.920. The monoisotopic (exact) mass is 302 g/mol. The van der Waals surface area contributed by atoms with Gasteiger partial charge in [-0.3, -0.25) is 14.5 Å². The van der Waals surface area contributed by atoms with E-state index in [1.165, 1.54) is 9.80 Å². The average molecular weight is 302 g/mol. The average Bonchev–Trinajstić information content (AvgIpc) is 2.86. The zero-order valence-electron chi connectivity index (χ0n) is 12.4.